The first-order valence-corrected chi connectivity index (χ1v) is 10.3. The van der Waals surface area contributed by atoms with E-state index in [2.05, 4.69) is 20.6 Å². The van der Waals surface area contributed by atoms with Crippen LogP contribution in [0.1, 0.15) is 40.5 Å². The molecule has 0 bridgehead atoms. The third-order valence-electron chi connectivity index (χ3n) is 4.96. The maximum atomic E-state index is 12.8. The van der Waals surface area contributed by atoms with Crippen LogP contribution >= 0.6 is 0 Å². The number of hydrazine groups is 1. The summed E-state index contributed by atoms with van der Waals surface area (Å²) in [4.78, 5) is 45.0. The van der Waals surface area contributed by atoms with E-state index in [9.17, 15) is 14.4 Å². The highest BCUT2D eigenvalue weighted by molar-refractivity contribution is 5.95. The van der Waals surface area contributed by atoms with Crippen LogP contribution in [0.4, 0.5) is 0 Å². The van der Waals surface area contributed by atoms with Crippen molar-refractivity contribution in [1.82, 2.24) is 25.6 Å². The summed E-state index contributed by atoms with van der Waals surface area (Å²) in [6.07, 6.45) is 4.34. The van der Waals surface area contributed by atoms with Crippen molar-refractivity contribution in [1.29, 1.82) is 0 Å². The number of carbonyl (C=O) groups excluding carboxylic acids is 3. The molecule has 0 fully saturated rings. The molecule has 0 spiro atoms. The second-order valence-electron chi connectivity index (χ2n) is 7.65. The Morgan fingerprint density at radius 2 is 1.94 bits per heavy atom. The van der Waals surface area contributed by atoms with Crippen molar-refractivity contribution in [3.8, 4) is 11.3 Å². The van der Waals surface area contributed by atoms with Gasteiger partial charge in [0, 0.05) is 31.5 Å². The van der Waals surface area contributed by atoms with Gasteiger partial charge in [0.2, 0.25) is 5.91 Å². The Kier molecular flexibility index (Phi) is 7.52. The molecule has 3 amide bonds. The first-order valence-electron chi connectivity index (χ1n) is 10.3. The summed E-state index contributed by atoms with van der Waals surface area (Å²) in [5, 5.41) is 6.20. The predicted molar refractivity (Wildman–Crippen MR) is 120 cm³/mol. The lowest BCUT2D eigenvalue weighted by molar-refractivity contribution is -0.126. The molecule has 0 saturated carbocycles. The van der Waals surface area contributed by atoms with Gasteiger partial charge in [0.15, 0.2) is 5.76 Å². The third-order valence-corrected chi connectivity index (χ3v) is 4.96. The number of likely N-dealkylation sites (N-methyl/N-ethyl adjacent to an activating group) is 1. The van der Waals surface area contributed by atoms with Gasteiger partial charge in [-0.3, -0.25) is 24.4 Å². The summed E-state index contributed by atoms with van der Waals surface area (Å²) in [5.41, 5.74) is 1.77. The van der Waals surface area contributed by atoms with Crippen LogP contribution < -0.4 is 16.5 Å². The fourth-order valence-electron chi connectivity index (χ4n) is 3.28. The number of nitrogens with one attached hydrogen (secondary N) is 2. The van der Waals surface area contributed by atoms with Crippen LogP contribution in [-0.2, 0) is 11.3 Å². The van der Waals surface area contributed by atoms with Gasteiger partial charge < -0.3 is 15.1 Å². The minimum atomic E-state index is -0.836. The standard InChI is InChI=1S/C23H26N6O4/c1-14(2)20(22(31)25-3)29(24)23(32)19-8-7-18(33-19)16-6-4-5-15(11-16)12-28-21(30)17-13-26-9-10-27-17/h4-11,13-14,20H,12,24H2,1-3H3,(H,25,31)(H,28,30)/t20-/m0/s1. The van der Waals surface area contributed by atoms with Gasteiger partial charge in [0.05, 0.1) is 6.20 Å². The van der Waals surface area contributed by atoms with Crippen molar-refractivity contribution in [2.75, 3.05) is 7.05 Å². The largest absolute Gasteiger partial charge is 0.451 e. The zero-order valence-electron chi connectivity index (χ0n) is 18.6. The maximum absolute atomic E-state index is 12.8. The Balaban J connectivity index is 1.71. The van der Waals surface area contributed by atoms with Crippen LogP contribution in [0.5, 0.6) is 0 Å². The summed E-state index contributed by atoms with van der Waals surface area (Å²) in [6, 6.07) is 9.67. The number of aromatic nitrogens is 2. The number of nitrogens with two attached hydrogens (primary N) is 1. The molecule has 0 aliphatic carbocycles. The van der Waals surface area contributed by atoms with Gasteiger partial charge in [0.25, 0.3) is 5.91 Å². The number of amides is 3. The Hall–Kier alpha value is -4.05. The topological polar surface area (TPSA) is 143 Å². The first-order chi connectivity index (χ1) is 15.8. The van der Waals surface area contributed by atoms with Crippen LogP contribution in [0.25, 0.3) is 11.3 Å². The number of furan rings is 1. The average Bonchev–Trinajstić information content (AvgIpc) is 3.33. The van der Waals surface area contributed by atoms with E-state index < -0.39 is 11.9 Å². The number of carbonyl (C=O) groups is 3. The molecule has 10 nitrogen and oxygen atoms in total. The normalized spacial score (nSPS) is 11.7. The third kappa shape index (κ3) is 5.60. The summed E-state index contributed by atoms with van der Waals surface area (Å²) < 4.78 is 5.74. The molecule has 3 rings (SSSR count). The average molecular weight is 450 g/mol. The molecular weight excluding hydrogens is 424 g/mol. The Morgan fingerprint density at radius 1 is 1.15 bits per heavy atom. The highest BCUT2D eigenvalue weighted by Gasteiger charge is 2.32. The zero-order valence-corrected chi connectivity index (χ0v) is 18.6. The first kappa shape index (κ1) is 23.6. The molecule has 0 radical (unpaired) electrons. The molecule has 10 heteroatoms. The monoisotopic (exact) mass is 450 g/mol. The van der Waals surface area contributed by atoms with E-state index >= 15 is 0 Å². The fraction of sp³-hybridized carbons (Fsp3) is 0.261. The molecule has 2 aromatic heterocycles. The quantitative estimate of drug-likeness (QED) is 0.269. The second-order valence-corrected chi connectivity index (χ2v) is 7.65. The molecule has 0 aliphatic heterocycles. The lowest BCUT2D eigenvalue weighted by Crippen LogP contribution is -2.55. The summed E-state index contributed by atoms with van der Waals surface area (Å²) in [6.45, 7) is 3.87. The summed E-state index contributed by atoms with van der Waals surface area (Å²) in [7, 11) is 1.49. The number of rotatable bonds is 8. The van der Waals surface area contributed by atoms with Crippen LogP contribution in [0.15, 0.2) is 59.4 Å². The van der Waals surface area contributed by atoms with Gasteiger partial charge in [0.1, 0.15) is 17.5 Å². The summed E-state index contributed by atoms with van der Waals surface area (Å²) in [5.74, 6) is 4.96. The van der Waals surface area contributed by atoms with E-state index in [0.717, 1.165) is 16.1 Å². The van der Waals surface area contributed by atoms with E-state index in [1.54, 1.807) is 19.9 Å². The van der Waals surface area contributed by atoms with Crippen LogP contribution in [-0.4, -0.2) is 45.8 Å². The molecule has 4 N–H and O–H groups in total. The number of benzene rings is 1. The van der Waals surface area contributed by atoms with Gasteiger partial charge in [-0.1, -0.05) is 32.0 Å². The van der Waals surface area contributed by atoms with Crippen LogP contribution in [0.2, 0.25) is 0 Å². The van der Waals surface area contributed by atoms with E-state index in [-0.39, 0.29) is 35.7 Å². The van der Waals surface area contributed by atoms with Gasteiger partial charge in [-0.2, -0.15) is 0 Å². The minimum Gasteiger partial charge on any atom is -0.451 e. The smallest absolute Gasteiger partial charge is 0.304 e. The highest BCUT2D eigenvalue weighted by atomic mass is 16.4. The van der Waals surface area contributed by atoms with Gasteiger partial charge >= 0.3 is 5.91 Å². The fourth-order valence-corrected chi connectivity index (χ4v) is 3.28. The van der Waals surface area contributed by atoms with Crippen molar-refractivity contribution in [2.24, 2.45) is 11.8 Å². The predicted octanol–water partition coefficient (Wildman–Crippen LogP) is 1.75. The van der Waals surface area contributed by atoms with Crippen molar-refractivity contribution in [3.63, 3.8) is 0 Å². The molecule has 172 valence electrons. The number of nitrogens with zero attached hydrogens (tertiary/aromatic N) is 3. The van der Waals surface area contributed by atoms with E-state index in [1.807, 2.05) is 24.3 Å². The van der Waals surface area contributed by atoms with Crippen LogP contribution in [0, 0.1) is 5.92 Å². The molecule has 3 aromatic rings. The highest BCUT2D eigenvalue weighted by Crippen LogP contribution is 2.24. The maximum Gasteiger partial charge on any atom is 0.304 e. The summed E-state index contributed by atoms with van der Waals surface area (Å²) >= 11 is 0. The number of hydrogen-bond donors (Lipinski definition) is 3. The lowest BCUT2D eigenvalue weighted by Gasteiger charge is -2.28. The van der Waals surface area contributed by atoms with Crippen LogP contribution in [0.3, 0.4) is 0 Å². The molecule has 33 heavy (non-hydrogen) atoms. The van der Waals surface area contributed by atoms with Gasteiger partial charge in [-0.25, -0.2) is 10.8 Å². The SMILES string of the molecule is CNC(=O)[C@H](C(C)C)N(N)C(=O)c1ccc(-c2cccc(CNC(=O)c3cnccn3)c2)o1. The lowest BCUT2D eigenvalue weighted by atomic mass is 10.0. The zero-order chi connectivity index (χ0) is 24.0. The van der Waals surface area contributed by atoms with E-state index in [4.69, 9.17) is 10.3 Å². The Bertz CT molecular complexity index is 1130. The van der Waals surface area contributed by atoms with Gasteiger partial charge in [-0.05, 0) is 29.7 Å². The van der Waals surface area contributed by atoms with E-state index in [0.29, 0.717) is 5.76 Å². The molecule has 0 saturated heterocycles. The molecule has 1 aromatic carbocycles. The Morgan fingerprint density at radius 3 is 2.61 bits per heavy atom. The second kappa shape index (κ2) is 10.5. The molecule has 0 aliphatic rings. The molecule has 1 atom stereocenters. The minimum absolute atomic E-state index is 0.0170. The van der Waals surface area contributed by atoms with Crippen molar-refractivity contribution in [3.05, 3.63) is 72.0 Å². The molecule has 0 unspecified atom stereocenters. The van der Waals surface area contributed by atoms with Crippen molar-refractivity contribution in [2.45, 2.75) is 26.4 Å². The van der Waals surface area contributed by atoms with Gasteiger partial charge in [-0.15, -0.1) is 0 Å². The molecular formula is C23H26N6O4. The van der Waals surface area contributed by atoms with Crippen molar-refractivity contribution >= 4 is 17.7 Å². The Labute approximate surface area is 191 Å². The number of hydrogen-bond acceptors (Lipinski definition) is 7. The molecule has 2 heterocycles. The van der Waals surface area contributed by atoms with E-state index in [1.165, 1.54) is 31.7 Å². The van der Waals surface area contributed by atoms with Crippen molar-refractivity contribution < 1.29 is 18.8 Å².